The van der Waals surface area contributed by atoms with Gasteiger partial charge in [0.05, 0.1) is 0 Å². The van der Waals surface area contributed by atoms with Crippen LogP contribution in [-0.4, -0.2) is 0 Å². The molecule has 3 aromatic rings. The Hall–Kier alpha value is -1.82. The van der Waals surface area contributed by atoms with Gasteiger partial charge in [-0.05, 0) is 121 Å². The van der Waals surface area contributed by atoms with E-state index < -0.39 is 0 Å². The summed E-state index contributed by atoms with van der Waals surface area (Å²) in [6, 6.07) is 4.74. The average molecular weight is 290 g/mol. The van der Waals surface area contributed by atoms with Crippen LogP contribution >= 0.6 is 0 Å². The van der Waals surface area contributed by atoms with E-state index in [-0.39, 0.29) is 0 Å². The Kier molecular flexibility index (Phi) is 3.32. The smallest absolute Gasteiger partial charge is 0.0111 e. The summed E-state index contributed by atoms with van der Waals surface area (Å²) in [7, 11) is 0. The van der Waals surface area contributed by atoms with Crippen LogP contribution in [0.3, 0.4) is 0 Å². The van der Waals surface area contributed by atoms with Crippen LogP contribution in [-0.2, 0) is 0 Å². The van der Waals surface area contributed by atoms with Crippen molar-refractivity contribution >= 4 is 21.5 Å². The summed E-state index contributed by atoms with van der Waals surface area (Å²) in [4.78, 5) is 0. The fourth-order valence-electron chi connectivity index (χ4n) is 3.96. The minimum absolute atomic E-state index is 1.38. The molecule has 0 fully saturated rings. The SMILES string of the molecule is Cc1cc2c(C)c3c(C)c(C)c(C)c(C)c3c(C)c2cc1C. The van der Waals surface area contributed by atoms with Crippen LogP contribution in [0.15, 0.2) is 12.1 Å². The van der Waals surface area contributed by atoms with E-state index in [1.807, 2.05) is 0 Å². The van der Waals surface area contributed by atoms with Crippen LogP contribution in [0.25, 0.3) is 21.5 Å². The second-order valence-corrected chi connectivity index (χ2v) is 6.98. The van der Waals surface area contributed by atoms with Gasteiger partial charge in [0.15, 0.2) is 0 Å². The van der Waals surface area contributed by atoms with Crippen molar-refractivity contribution in [3.05, 3.63) is 56.6 Å². The quantitative estimate of drug-likeness (QED) is 0.417. The van der Waals surface area contributed by atoms with Crippen LogP contribution < -0.4 is 0 Å². The molecule has 0 bridgehead atoms. The number of rotatable bonds is 0. The first-order valence-corrected chi connectivity index (χ1v) is 8.15. The molecule has 0 amide bonds. The van der Waals surface area contributed by atoms with Crippen LogP contribution in [0.2, 0.25) is 0 Å². The molecule has 0 saturated heterocycles. The lowest BCUT2D eigenvalue weighted by Crippen LogP contribution is -1.99. The predicted molar refractivity (Wildman–Crippen MR) is 99.4 cm³/mol. The summed E-state index contributed by atoms with van der Waals surface area (Å²) in [5.74, 6) is 0. The Morgan fingerprint density at radius 2 is 0.727 bits per heavy atom. The third kappa shape index (κ3) is 1.83. The normalized spacial score (nSPS) is 11.6. The third-order valence-corrected chi connectivity index (χ3v) is 5.88. The molecule has 0 aliphatic heterocycles. The molecule has 0 heteroatoms. The molecule has 0 aromatic heterocycles. The summed E-state index contributed by atoms with van der Waals surface area (Å²) in [6.45, 7) is 18.1. The van der Waals surface area contributed by atoms with Gasteiger partial charge in [-0.15, -0.1) is 0 Å². The fraction of sp³-hybridized carbons (Fsp3) is 0.364. The van der Waals surface area contributed by atoms with Gasteiger partial charge in [-0.2, -0.15) is 0 Å². The Morgan fingerprint density at radius 1 is 0.409 bits per heavy atom. The highest BCUT2D eigenvalue weighted by Crippen LogP contribution is 2.39. The molecule has 0 saturated carbocycles. The lowest BCUT2D eigenvalue weighted by molar-refractivity contribution is 1.24. The van der Waals surface area contributed by atoms with E-state index in [9.17, 15) is 0 Å². The van der Waals surface area contributed by atoms with Gasteiger partial charge in [0.1, 0.15) is 0 Å². The zero-order valence-corrected chi connectivity index (χ0v) is 15.2. The molecular formula is C22H26. The summed E-state index contributed by atoms with van der Waals surface area (Å²) in [6.07, 6.45) is 0. The molecule has 0 heterocycles. The van der Waals surface area contributed by atoms with Crippen LogP contribution in [0, 0.1) is 55.4 Å². The molecule has 0 N–H and O–H groups in total. The van der Waals surface area contributed by atoms with Gasteiger partial charge in [-0.3, -0.25) is 0 Å². The average Bonchev–Trinajstić information content (AvgIpc) is 2.48. The molecule has 0 radical (unpaired) electrons. The summed E-state index contributed by atoms with van der Waals surface area (Å²) >= 11 is 0. The second-order valence-electron chi connectivity index (χ2n) is 6.98. The molecule has 3 aromatic carbocycles. The topological polar surface area (TPSA) is 0 Å². The van der Waals surface area contributed by atoms with Gasteiger partial charge in [-0.1, -0.05) is 12.1 Å². The van der Waals surface area contributed by atoms with Gasteiger partial charge >= 0.3 is 0 Å². The summed E-state index contributed by atoms with van der Waals surface area (Å²) in [5, 5.41) is 5.76. The highest BCUT2D eigenvalue weighted by atomic mass is 14.2. The molecule has 22 heavy (non-hydrogen) atoms. The van der Waals surface area contributed by atoms with Gasteiger partial charge in [0, 0.05) is 0 Å². The molecular weight excluding hydrogens is 264 g/mol. The monoisotopic (exact) mass is 290 g/mol. The van der Waals surface area contributed by atoms with Gasteiger partial charge < -0.3 is 0 Å². The molecule has 0 aliphatic rings. The first kappa shape index (κ1) is 15.1. The number of fused-ring (bicyclic) bond motifs is 2. The van der Waals surface area contributed by atoms with Crippen molar-refractivity contribution in [3.63, 3.8) is 0 Å². The molecule has 114 valence electrons. The minimum Gasteiger partial charge on any atom is -0.0509 e. The first-order valence-electron chi connectivity index (χ1n) is 8.15. The van der Waals surface area contributed by atoms with Crippen molar-refractivity contribution in [1.29, 1.82) is 0 Å². The molecule has 0 spiro atoms. The Morgan fingerprint density at radius 3 is 1.05 bits per heavy atom. The second kappa shape index (κ2) is 4.84. The highest BCUT2D eigenvalue weighted by Gasteiger charge is 2.16. The number of hydrogen-bond acceptors (Lipinski definition) is 0. The van der Waals surface area contributed by atoms with Gasteiger partial charge in [-0.25, -0.2) is 0 Å². The number of benzene rings is 3. The molecule has 3 rings (SSSR count). The minimum atomic E-state index is 1.38. The van der Waals surface area contributed by atoms with E-state index >= 15 is 0 Å². The van der Waals surface area contributed by atoms with E-state index in [0.29, 0.717) is 0 Å². The van der Waals surface area contributed by atoms with Crippen molar-refractivity contribution in [2.75, 3.05) is 0 Å². The van der Waals surface area contributed by atoms with Crippen molar-refractivity contribution in [3.8, 4) is 0 Å². The Labute approximate surface area is 134 Å². The van der Waals surface area contributed by atoms with Crippen molar-refractivity contribution < 1.29 is 0 Å². The third-order valence-electron chi connectivity index (χ3n) is 5.88. The summed E-state index contributed by atoms with van der Waals surface area (Å²) < 4.78 is 0. The summed E-state index contributed by atoms with van der Waals surface area (Å²) in [5.41, 5.74) is 11.4. The largest absolute Gasteiger partial charge is 0.0509 e. The number of hydrogen-bond donors (Lipinski definition) is 0. The number of aryl methyl sites for hydroxylation is 6. The van der Waals surface area contributed by atoms with Crippen molar-refractivity contribution in [1.82, 2.24) is 0 Å². The van der Waals surface area contributed by atoms with E-state index in [1.165, 1.54) is 66.1 Å². The van der Waals surface area contributed by atoms with Crippen molar-refractivity contribution in [2.24, 2.45) is 0 Å². The first-order chi connectivity index (χ1) is 10.3. The Bertz CT molecular complexity index is 862. The predicted octanol–water partition coefficient (Wildman–Crippen LogP) is 6.46. The fourth-order valence-corrected chi connectivity index (χ4v) is 3.96. The standard InChI is InChI=1S/C22H26/c1-11-9-19-17(7)21-15(5)13(3)14(4)16(6)22(21)18(8)20(19)10-12(11)2/h9-10H,1-8H3. The lowest BCUT2D eigenvalue weighted by atomic mass is 9.83. The highest BCUT2D eigenvalue weighted by molar-refractivity contribution is 6.08. The van der Waals surface area contributed by atoms with Crippen LogP contribution in [0.4, 0.5) is 0 Å². The zero-order chi connectivity index (χ0) is 16.3. The Balaban J connectivity index is 2.72. The molecule has 0 nitrogen and oxygen atoms in total. The molecule has 0 unspecified atom stereocenters. The van der Waals surface area contributed by atoms with Gasteiger partial charge in [0.25, 0.3) is 0 Å². The van der Waals surface area contributed by atoms with E-state index in [1.54, 1.807) is 0 Å². The maximum Gasteiger partial charge on any atom is -0.0111 e. The molecule has 0 aliphatic carbocycles. The lowest BCUT2D eigenvalue weighted by Gasteiger charge is -2.21. The van der Waals surface area contributed by atoms with E-state index in [0.717, 1.165) is 0 Å². The maximum atomic E-state index is 2.37. The van der Waals surface area contributed by atoms with E-state index in [2.05, 4.69) is 67.5 Å². The van der Waals surface area contributed by atoms with Crippen LogP contribution in [0.5, 0.6) is 0 Å². The van der Waals surface area contributed by atoms with E-state index in [4.69, 9.17) is 0 Å². The van der Waals surface area contributed by atoms with Gasteiger partial charge in [0.2, 0.25) is 0 Å². The van der Waals surface area contributed by atoms with Crippen LogP contribution in [0.1, 0.15) is 44.5 Å². The van der Waals surface area contributed by atoms with Crippen molar-refractivity contribution in [2.45, 2.75) is 55.4 Å². The maximum absolute atomic E-state index is 2.37. The zero-order valence-electron chi connectivity index (χ0n) is 15.2. The molecule has 0 atom stereocenters.